The maximum Gasteiger partial charge on any atom is 0.221 e. The molecule has 0 aliphatic carbocycles. The predicted molar refractivity (Wildman–Crippen MR) is 130 cm³/mol. The van der Waals surface area contributed by atoms with E-state index in [1.165, 1.54) is 15.9 Å². The number of carbonyl (C=O) groups excluding carboxylic acids is 1. The monoisotopic (exact) mass is 410 g/mol. The molecule has 0 spiro atoms. The van der Waals surface area contributed by atoms with Crippen LogP contribution >= 0.6 is 7.26 Å². The predicted octanol–water partition coefficient (Wildman–Crippen LogP) is 5.14. The zero-order valence-electron chi connectivity index (χ0n) is 17.0. The molecule has 1 amide bonds. The number of hydrogen-bond acceptors (Lipinski definition) is 1. The Balaban J connectivity index is 1.98. The van der Waals surface area contributed by atoms with Gasteiger partial charge in [0.1, 0.15) is 29.3 Å². The molecule has 4 aromatic carbocycles. The zero-order valence-corrected chi connectivity index (χ0v) is 17.9. The van der Waals surface area contributed by atoms with Crippen molar-refractivity contribution in [2.75, 3.05) is 5.32 Å². The standard InChI is InChI=1S/C27H24NOP/c1-22(29)28-27-20-12-11-13-23(27)21-30(24-14-5-2-6-15-24,25-16-7-3-8-17-25)26-18-9-4-10-19-26/h2-20H,21H2,1H3/p+1. The minimum atomic E-state index is -2.00. The number of rotatable bonds is 6. The minimum absolute atomic E-state index is 0.0504. The highest BCUT2D eigenvalue weighted by atomic mass is 31.2. The van der Waals surface area contributed by atoms with Crippen LogP contribution in [-0.2, 0) is 11.0 Å². The van der Waals surface area contributed by atoms with Gasteiger partial charge in [-0.2, -0.15) is 0 Å². The van der Waals surface area contributed by atoms with Gasteiger partial charge in [-0.1, -0.05) is 72.8 Å². The number of hydrogen-bond donors (Lipinski definition) is 1. The summed E-state index contributed by atoms with van der Waals surface area (Å²) < 4.78 is 0. The summed E-state index contributed by atoms with van der Waals surface area (Å²) in [6.07, 6.45) is 0.835. The van der Waals surface area contributed by atoms with Gasteiger partial charge >= 0.3 is 0 Å². The number of nitrogens with one attached hydrogen (secondary N) is 1. The van der Waals surface area contributed by atoms with Crippen molar-refractivity contribution in [2.24, 2.45) is 0 Å². The lowest BCUT2D eigenvalue weighted by Crippen LogP contribution is -2.32. The molecule has 0 unspecified atom stereocenters. The smallest absolute Gasteiger partial charge is 0.221 e. The van der Waals surface area contributed by atoms with E-state index in [0.717, 1.165) is 17.4 Å². The van der Waals surface area contributed by atoms with Crippen LogP contribution in [0.4, 0.5) is 5.69 Å². The van der Waals surface area contributed by atoms with Gasteiger partial charge in [0.15, 0.2) is 0 Å². The van der Waals surface area contributed by atoms with Crippen LogP contribution in [0.1, 0.15) is 12.5 Å². The number of carbonyl (C=O) groups is 1. The van der Waals surface area contributed by atoms with E-state index in [1.54, 1.807) is 6.92 Å². The van der Waals surface area contributed by atoms with Crippen LogP contribution in [0.25, 0.3) is 0 Å². The van der Waals surface area contributed by atoms with Crippen molar-refractivity contribution in [3.05, 3.63) is 121 Å². The second-order valence-corrected chi connectivity index (χ2v) is 10.8. The Bertz CT molecular complexity index is 1010. The summed E-state index contributed by atoms with van der Waals surface area (Å²) in [4.78, 5) is 11.8. The third kappa shape index (κ3) is 4.06. The average molecular weight is 410 g/mol. The van der Waals surface area contributed by atoms with Gasteiger partial charge in [0.25, 0.3) is 0 Å². The maximum absolute atomic E-state index is 11.8. The number of anilines is 1. The topological polar surface area (TPSA) is 29.1 Å². The Hall–Kier alpha value is -3.22. The minimum Gasteiger partial charge on any atom is -0.326 e. The van der Waals surface area contributed by atoms with Gasteiger partial charge in [-0.25, -0.2) is 0 Å². The van der Waals surface area contributed by atoms with Gasteiger partial charge in [-0.15, -0.1) is 0 Å². The lowest BCUT2D eigenvalue weighted by molar-refractivity contribution is -0.114. The van der Waals surface area contributed by atoms with Crippen LogP contribution in [0.2, 0.25) is 0 Å². The van der Waals surface area contributed by atoms with Gasteiger partial charge < -0.3 is 5.32 Å². The third-order valence-corrected chi connectivity index (χ3v) is 9.68. The Morgan fingerprint density at radius 2 is 1.03 bits per heavy atom. The van der Waals surface area contributed by atoms with E-state index in [1.807, 2.05) is 12.1 Å². The molecule has 0 aliphatic heterocycles. The van der Waals surface area contributed by atoms with E-state index in [-0.39, 0.29) is 5.91 Å². The van der Waals surface area contributed by atoms with Crippen LogP contribution in [0, 0.1) is 0 Å². The summed E-state index contributed by atoms with van der Waals surface area (Å²) in [7, 11) is -2.00. The fraction of sp³-hybridized carbons (Fsp3) is 0.0741. The molecule has 1 N–H and O–H groups in total. The first-order chi connectivity index (χ1) is 14.7. The van der Waals surface area contributed by atoms with Crippen LogP contribution < -0.4 is 21.2 Å². The molecule has 0 radical (unpaired) electrons. The van der Waals surface area contributed by atoms with Gasteiger partial charge in [-0.3, -0.25) is 4.79 Å². The Labute approximate surface area is 178 Å². The second-order valence-electron chi connectivity index (χ2n) is 7.31. The molecule has 0 saturated carbocycles. The Kier molecular flexibility index (Phi) is 6.07. The molecule has 0 bridgehead atoms. The molecule has 0 atom stereocenters. The molecular weight excluding hydrogens is 385 g/mol. The van der Waals surface area contributed by atoms with Crippen molar-refractivity contribution in [1.29, 1.82) is 0 Å². The summed E-state index contributed by atoms with van der Waals surface area (Å²) in [5, 5.41) is 7.03. The van der Waals surface area contributed by atoms with Crippen molar-refractivity contribution in [1.82, 2.24) is 0 Å². The highest BCUT2D eigenvalue weighted by Crippen LogP contribution is 2.58. The molecule has 4 aromatic rings. The molecule has 0 aromatic heterocycles. The molecule has 0 heterocycles. The van der Waals surface area contributed by atoms with Crippen molar-refractivity contribution in [2.45, 2.75) is 13.1 Å². The lowest BCUT2D eigenvalue weighted by atomic mass is 10.2. The normalized spacial score (nSPS) is 11.1. The Morgan fingerprint density at radius 3 is 1.47 bits per heavy atom. The SMILES string of the molecule is CC(=O)Nc1ccccc1C[P+](c1ccccc1)(c1ccccc1)c1ccccc1. The van der Waals surface area contributed by atoms with Crippen LogP contribution in [0.5, 0.6) is 0 Å². The van der Waals surface area contributed by atoms with Crippen molar-refractivity contribution in [3.8, 4) is 0 Å². The zero-order chi connectivity index (χ0) is 20.8. The molecular formula is C27H25NOP+. The fourth-order valence-electron chi connectivity index (χ4n) is 3.99. The molecule has 3 heteroatoms. The summed E-state index contributed by atoms with van der Waals surface area (Å²) in [6, 6.07) is 40.6. The molecule has 0 aliphatic rings. The molecule has 148 valence electrons. The molecule has 30 heavy (non-hydrogen) atoms. The van der Waals surface area contributed by atoms with Gasteiger partial charge in [0.2, 0.25) is 5.91 Å². The largest absolute Gasteiger partial charge is 0.326 e. The van der Waals surface area contributed by atoms with Gasteiger partial charge in [0, 0.05) is 18.2 Å². The van der Waals surface area contributed by atoms with Crippen LogP contribution in [-0.4, -0.2) is 5.91 Å². The first-order valence-corrected chi connectivity index (χ1v) is 12.1. The van der Waals surface area contributed by atoms with Crippen molar-refractivity contribution < 1.29 is 4.79 Å². The van der Waals surface area contributed by atoms with Gasteiger partial charge in [0.05, 0.1) is 0 Å². The highest BCUT2D eigenvalue weighted by molar-refractivity contribution is 7.95. The van der Waals surface area contributed by atoms with Gasteiger partial charge in [-0.05, 0) is 42.5 Å². The summed E-state index contributed by atoms with van der Waals surface area (Å²) >= 11 is 0. The average Bonchev–Trinajstić information content (AvgIpc) is 2.80. The fourth-order valence-corrected chi connectivity index (χ4v) is 8.27. The Morgan fingerprint density at radius 1 is 0.633 bits per heavy atom. The third-order valence-electron chi connectivity index (χ3n) is 5.33. The molecule has 2 nitrogen and oxygen atoms in total. The van der Waals surface area contributed by atoms with E-state index >= 15 is 0 Å². The summed E-state index contributed by atoms with van der Waals surface area (Å²) in [5.74, 6) is -0.0504. The molecule has 0 saturated heterocycles. The molecule has 4 rings (SSSR count). The van der Waals surface area contributed by atoms with E-state index in [0.29, 0.717) is 0 Å². The summed E-state index contributed by atoms with van der Waals surface area (Å²) in [5.41, 5.74) is 2.04. The van der Waals surface area contributed by atoms with E-state index in [9.17, 15) is 4.79 Å². The first-order valence-electron chi connectivity index (χ1n) is 10.1. The second kappa shape index (κ2) is 9.07. The van der Waals surface area contributed by atoms with E-state index in [4.69, 9.17) is 0 Å². The number of benzene rings is 4. The molecule has 0 fully saturated rings. The van der Waals surface area contributed by atoms with Crippen molar-refractivity contribution in [3.63, 3.8) is 0 Å². The highest BCUT2D eigenvalue weighted by Gasteiger charge is 2.45. The lowest BCUT2D eigenvalue weighted by Gasteiger charge is -2.28. The quantitative estimate of drug-likeness (QED) is 0.438. The van der Waals surface area contributed by atoms with Crippen LogP contribution in [0.3, 0.4) is 0 Å². The maximum atomic E-state index is 11.8. The number of para-hydroxylation sites is 1. The van der Waals surface area contributed by atoms with Crippen molar-refractivity contribution >= 4 is 34.8 Å². The summed E-state index contributed by atoms with van der Waals surface area (Å²) in [6.45, 7) is 1.56. The van der Waals surface area contributed by atoms with E-state index < -0.39 is 7.26 Å². The van der Waals surface area contributed by atoms with Crippen LogP contribution in [0.15, 0.2) is 115 Å². The number of amides is 1. The van der Waals surface area contributed by atoms with E-state index in [2.05, 4.69) is 108 Å². The first kappa shape index (κ1) is 20.1.